The lowest BCUT2D eigenvalue weighted by Gasteiger charge is -2.69. The Kier molecular flexibility index (Phi) is 6.57. The fourth-order valence-electron chi connectivity index (χ4n) is 11.9. The molecule has 12 atom stereocenters. The maximum Gasteiger partial charge on any atom is 0.310 e. The summed E-state index contributed by atoms with van der Waals surface area (Å²) in [5.41, 5.74) is 0.106. The standard InChI is InChI=1S/C32H52O5/c1-19(2)9-8-12-31(27(35)36)18-32(31)21(17-37-7)16-30(6)25(32)15-24(34)26-28(4)13-11-23(33)20(3)22(28)10-14-29(26,30)5/h9,20-26,33-34H,8,10-18H2,1-7H3,(H,35,36)/t20-,21+,22-,23+,24+,25+,26?,28-,29-,30-,31+,32-/m0/s1. The molecule has 0 radical (unpaired) electrons. The molecule has 1 unspecified atom stereocenters. The first-order valence-corrected chi connectivity index (χ1v) is 15.0. The minimum atomic E-state index is -0.724. The molecule has 0 aliphatic heterocycles. The molecule has 0 heterocycles. The normalized spacial score (nSPS) is 54.2. The van der Waals surface area contributed by atoms with Gasteiger partial charge in [-0.15, -0.1) is 0 Å². The molecule has 0 aromatic rings. The van der Waals surface area contributed by atoms with Gasteiger partial charge in [0, 0.05) is 13.7 Å². The fourth-order valence-corrected chi connectivity index (χ4v) is 11.9. The van der Waals surface area contributed by atoms with E-state index in [0.717, 1.165) is 44.9 Å². The molecule has 5 aliphatic rings. The zero-order chi connectivity index (χ0) is 27.2. The predicted octanol–water partition coefficient (Wildman–Crippen LogP) is 6.08. The Balaban J connectivity index is 1.57. The van der Waals surface area contributed by atoms with Crippen LogP contribution in [0.15, 0.2) is 11.6 Å². The Hall–Kier alpha value is -0.910. The molecular weight excluding hydrogens is 464 g/mol. The fraction of sp³-hybridized carbons (Fsp3) is 0.906. The molecule has 1 spiro atoms. The number of carboxylic acid groups (broad SMARTS) is 1. The molecule has 5 aliphatic carbocycles. The van der Waals surface area contributed by atoms with Gasteiger partial charge in [0.25, 0.3) is 0 Å². The number of aliphatic hydroxyl groups excluding tert-OH is 2. The van der Waals surface area contributed by atoms with Crippen molar-refractivity contribution in [1.82, 2.24) is 0 Å². The van der Waals surface area contributed by atoms with Crippen LogP contribution in [0.3, 0.4) is 0 Å². The quantitative estimate of drug-likeness (QED) is 0.373. The lowest BCUT2D eigenvalue weighted by atomic mass is 9.36. The van der Waals surface area contributed by atoms with Crippen LogP contribution in [0.25, 0.3) is 0 Å². The number of aliphatic carboxylic acids is 1. The van der Waals surface area contributed by atoms with Gasteiger partial charge in [-0.1, -0.05) is 39.3 Å². The summed E-state index contributed by atoms with van der Waals surface area (Å²) in [6, 6.07) is 0. The van der Waals surface area contributed by atoms with E-state index in [-0.39, 0.29) is 51.4 Å². The number of hydrogen-bond acceptors (Lipinski definition) is 4. The molecule has 0 aromatic heterocycles. The number of hydrogen-bond donors (Lipinski definition) is 3. The highest BCUT2D eigenvalue weighted by Gasteiger charge is 2.85. The van der Waals surface area contributed by atoms with Gasteiger partial charge >= 0.3 is 5.97 Å². The molecule has 3 N–H and O–H groups in total. The number of carboxylic acids is 1. The number of carbonyl (C=O) groups is 1. The molecule has 5 rings (SSSR count). The van der Waals surface area contributed by atoms with Crippen molar-refractivity contribution in [2.45, 2.75) is 112 Å². The molecule has 5 saturated carbocycles. The van der Waals surface area contributed by atoms with Crippen molar-refractivity contribution in [2.75, 3.05) is 13.7 Å². The van der Waals surface area contributed by atoms with Gasteiger partial charge in [-0.05, 0) is 123 Å². The van der Waals surface area contributed by atoms with Crippen molar-refractivity contribution in [1.29, 1.82) is 0 Å². The zero-order valence-corrected chi connectivity index (χ0v) is 24.3. The first kappa shape index (κ1) is 27.6. The molecule has 0 saturated heterocycles. The number of rotatable bonds is 6. The van der Waals surface area contributed by atoms with Gasteiger partial charge in [0.2, 0.25) is 0 Å². The van der Waals surface area contributed by atoms with Crippen molar-refractivity contribution in [3.05, 3.63) is 11.6 Å². The third kappa shape index (κ3) is 3.41. The average molecular weight is 517 g/mol. The predicted molar refractivity (Wildman–Crippen MR) is 145 cm³/mol. The second-order valence-electron chi connectivity index (χ2n) is 15.1. The number of allylic oxidation sites excluding steroid dienone is 2. The van der Waals surface area contributed by atoms with Crippen LogP contribution in [0.2, 0.25) is 0 Å². The van der Waals surface area contributed by atoms with E-state index < -0.39 is 17.5 Å². The molecule has 5 nitrogen and oxygen atoms in total. The zero-order valence-electron chi connectivity index (χ0n) is 24.3. The van der Waals surface area contributed by atoms with E-state index in [1.54, 1.807) is 7.11 Å². The minimum absolute atomic E-state index is 0.00242. The first-order chi connectivity index (χ1) is 17.2. The molecule has 210 valence electrons. The number of ether oxygens (including phenoxy) is 1. The summed E-state index contributed by atoms with van der Waals surface area (Å²) in [6.07, 6.45) is 9.31. The summed E-state index contributed by atoms with van der Waals surface area (Å²) in [7, 11) is 1.76. The van der Waals surface area contributed by atoms with E-state index >= 15 is 0 Å². The summed E-state index contributed by atoms with van der Waals surface area (Å²) in [6.45, 7) is 14.3. The second-order valence-corrected chi connectivity index (χ2v) is 15.1. The SMILES string of the molecule is COC[C@H]1C[C@@]2(C)[C@@H](C[C@@H](O)C3[C@]2(C)CC[C@H]2[C@H](C)[C@H](O)CC[C@]32C)[C@]12C[C@]2(CCC=C(C)C)C(=O)O. The van der Waals surface area contributed by atoms with E-state index in [2.05, 4.69) is 47.6 Å². The molecular formula is C32H52O5. The second kappa shape index (κ2) is 8.80. The summed E-state index contributed by atoms with van der Waals surface area (Å²) < 4.78 is 5.80. The Morgan fingerprint density at radius 1 is 1.05 bits per heavy atom. The smallest absolute Gasteiger partial charge is 0.310 e. The number of aliphatic hydroxyl groups is 2. The molecule has 0 bridgehead atoms. The van der Waals surface area contributed by atoms with Gasteiger partial charge in [-0.25, -0.2) is 0 Å². The monoisotopic (exact) mass is 516 g/mol. The van der Waals surface area contributed by atoms with Crippen molar-refractivity contribution in [3.8, 4) is 0 Å². The van der Waals surface area contributed by atoms with Crippen LogP contribution in [0.5, 0.6) is 0 Å². The Bertz CT molecular complexity index is 957. The van der Waals surface area contributed by atoms with E-state index in [1.807, 2.05) is 0 Å². The van der Waals surface area contributed by atoms with Gasteiger partial charge in [0.05, 0.1) is 17.6 Å². The Labute approximate surface area is 224 Å². The van der Waals surface area contributed by atoms with Crippen LogP contribution in [0, 0.1) is 56.7 Å². The van der Waals surface area contributed by atoms with Crippen molar-refractivity contribution in [3.63, 3.8) is 0 Å². The molecule has 5 fully saturated rings. The maximum absolute atomic E-state index is 13.1. The van der Waals surface area contributed by atoms with Gasteiger partial charge in [0.15, 0.2) is 0 Å². The topological polar surface area (TPSA) is 87.0 Å². The molecule has 37 heavy (non-hydrogen) atoms. The van der Waals surface area contributed by atoms with Crippen molar-refractivity contribution >= 4 is 5.97 Å². The van der Waals surface area contributed by atoms with E-state index in [9.17, 15) is 20.1 Å². The van der Waals surface area contributed by atoms with Crippen LogP contribution in [0.1, 0.15) is 99.3 Å². The first-order valence-electron chi connectivity index (χ1n) is 15.0. The average Bonchev–Trinajstić information content (AvgIpc) is 3.42. The van der Waals surface area contributed by atoms with Crippen LogP contribution < -0.4 is 0 Å². The summed E-state index contributed by atoms with van der Waals surface area (Å²) in [5.74, 6) is 0.610. The lowest BCUT2D eigenvalue weighted by Crippen LogP contribution is -2.66. The Morgan fingerprint density at radius 3 is 2.38 bits per heavy atom. The third-order valence-corrected chi connectivity index (χ3v) is 13.7. The number of methoxy groups -OCH3 is 1. The van der Waals surface area contributed by atoms with E-state index in [1.165, 1.54) is 5.57 Å². The van der Waals surface area contributed by atoms with Crippen LogP contribution in [-0.2, 0) is 9.53 Å². The molecule has 0 amide bonds. The minimum Gasteiger partial charge on any atom is -0.481 e. The van der Waals surface area contributed by atoms with Gasteiger partial charge in [-0.3, -0.25) is 4.79 Å². The lowest BCUT2D eigenvalue weighted by molar-refractivity contribution is -0.241. The van der Waals surface area contributed by atoms with Crippen LogP contribution in [-0.4, -0.2) is 47.2 Å². The van der Waals surface area contributed by atoms with Crippen molar-refractivity contribution < 1.29 is 24.9 Å². The third-order valence-electron chi connectivity index (χ3n) is 13.7. The van der Waals surface area contributed by atoms with Crippen LogP contribution in [0.4, 0.5) is 0 Å². The summed E-state index contributed by atoms with van der Waals surface area (Å²) >= 11 is 0. The van der Waals surface area contributed by atoms with E-state index in [4.69, 9.17) is 4.74 Å². The largest absolute Gasteiger partial charge is 0.481 e. The van der Waals surface area contributed by atoms with Gasteiger partial charge < -0.3 is 20.1 Å². The highest BCUT2D eigenvalue weighted by Crippen LogP contribution is 2.86. The van der Waals surface area contributed by atoms with E-state index in [0.29, 0.717) is 25.4 Å². The highest BCUT2D eigenvalue weighted by atomic mass is 16.5. The van der Waals surface area contributed by atoms with Gasteiger partial charge in [0.1, 0.15) is 0 Å². The molecule has 0 aromatic carbocycles. The summed E-state index contributed by atoms with van der Waals surface area (Å²) in [4.78, 5) is 13.1. The van der Waals surface area contributed by atoms with Crippen molar-refractivity contribution in [2.24, 2.45) is 56.7 Å². The number of fused-ring (bicyclic) bond motifs is 6. The van der Waals surface area contributed by atoms with Gasteiger partial charge in [-0.2, -0.15) is 0 Å². The highest BCUT2D eigenvalue weighted by molar-refractivity contribution is 5.81. The summed E-state index contributed by atoms with van der Waals surface area (Å²) in [5, 5.41) is 33.5. The Morgan fingerprint density at radius 2 is 1.76 bits per heavy atom. The maximum atomic E-state index is 13.1. The molecule has 5 heteroatoms. The van der Waals surface area contributed by atoms with Crippen LogP contribution >= 0.6 is 0 Å².